The lowest BCUT2D eigenvalue weighted by Gasteiger charge is -2.08. The first-order valence-electron chi connectivity index (χ1n) is 7.48. The highest BCUT2D eigenvalue weighted by Gasteiger charge is 2.18. The zero-order valence-electron chi connectivity index (χ0n) is 12.7. The SMILES string of the molecule is COCCNCC(=O)Nc1ccc2c(c1)Cc1ccccc1-2. The molecule has 0 bridgehead atoms. The van der Waals surface area contributed by atoms with Crippen molar-refractivity contribution in [2.75, 3.05) is 32.1 Å². The van der Waals surface area contributed by atoms with Gasteiger partial charge < -0.3 is 15.4 Å². The van der Waals surface area contributed by atoms with Crippen LogP contribution in [0.5, 0.6) is 0 Å². The van der Waals surface area contributed by atoms with Gasteiger partial charge in [-0.25, -0.2) is 0 Å². The van der Waals surface area contributed by atoms with Crippen LogP contribution in [0.15, 0.2) is 42.5 Å². The van der Waals surface area contributed by atoms with Gasteiger partial charge in [0.2, 0.25) is 5.91 Å². The smallest absolute Gasteiger partial charge is 0.238 e. The van der Waals surface area contributed by atoms with Crippen LogP contribution >= 0.6 is 0 Å². The predicted octanol–water partition coefficient (Wildman–Crippen LogP) is 2.43. The number of anilines is 1. The van der Waals surface area contributed by atoms with E-state index in [2.05, 4.69) is 47.0 Å². The molecule has 0 spiro atoms. The van der Waals surface area contributed by atoms with Gasteiger partial charge in [-0.05, 0) is 40.8 Å². The van der Waals surface area contributed by atoms with E-state index >= 15 is 0 Å². The van der Waals surface area contributed by atoms with Crippen LogP contribution in [0.3, 0.4) is 0 Å². The zero-order valence-corrected chi connectivity index (χ0v) is 12.7. The van der Waals surface area contributed by atoms with Gasteiger partial charge in [-0.3, -0.25) is 4.79 Å². The van der Waals surface area contributed by atoms with Crippen LogP contribution in [0, 0.1) is 0 Å². The molecule has 3 rings (SSSR count). The second-order valence-electron chi connectivity index (χ2n) is 5.42. The van der Waals surface area contributed by atoms with Crippen LogP contribution < -0.4 is 10.6 Å². The van der Waals surface area contributed by atoms with E-state index in [1.54, 1.807) is 7.11 Å². The molecule has 0 radical (unpaired) electrons. The number of amides is 1. The fraction of sp³-hybridized carbons (Fsp3) is 0.278. The number of rotatable bonds is 6. The number of methoxy groups -OCH3 is 1. The van der Waals surface area contributed by atoms with Crippen molar-refractivity contribution in [1.82, 2.24) is 5.32 Å². The molecule has 0 unspecified atom stereocenters. The Bertz CT molecular complexity index is 683. The minimum Gasteiger partial charge on any atom is -0.383 e. The third-order valence-electron chi connectivity index (χ3n) is 3.85. The first-order chi connectivity index (χ1) is 10.8. The quantitative estimate of drug-likeness (QED) is 0.687. The van der Waals surface area contributed by atoms with Crippen LogP contribution in [0.25, 0.3) is 11.1 Å². The molecule has 1 aliphatic carbocycles. The summed E-state index contributed by atoms with van der Waals surface area (Å²) in [5.41, 5.74) is 6.04. The Hall–Kier alpha value is -2.17. The van der Waals surface area contributed by atoms with Crippen molar-refractivity contribution < 1.29 is 9.53 Å². The van der Waals surface area contributed by atoms with Gasteiger partial charge in [0.25, 0.3) is 0 Å². The maximum Gasteiger partial charge on any atom is 0.238 e. The van der Waals surface area contributed by atoms with Crippen LogP contribution in [0.1, 0.15) is 11.1 Å². The first-order valence-corrected chi connectivity index (χ1v) is 7.48. The molecule has 2 N–H and O–H groups in total. The Morgan fingerprint density at radius 1 is 1.14 bits per heavy atom. The second-order valence-corrected chi connectivity index (χ2v) is 5.42. The van der Waals surface area contributed by atoms with Crippen LogP contribution in [-0.2, 0) is 16.0 Å². The molecule has 0 saturated heterocycles. The lowest BCUT2D eigenvalue weighted by Crippen LogP contribution is -2.30. The number of carbonyl (C=O) groups excluding carboxylic acids is 1. The first kappa shape index (κ1) is 14.8. The summed E-state index contributed by atoms with van der Waals surface area (Å²) in [5.74, 6) is -0.0356. The number of hydrogen-bond acceptors (Lipinski definition) is 3. The molecule has 1 aliphatic rings. The van der Waals surface area contributed by atoms with Crippen molar-refractivity contribution >= 4 is 11.6 Å². The van der Waals surface area contributed by atoms with E-state index < -0.39 is 0 Å². The average Bonchev–Trinajstić information content (AvgIpc) is 2.89. The minimum atomic E-state index is -0.0356. The van der Waals surface area contributed by atoms with Crippen molar-refractivity contribution in [3.63, 3.8) is 0 Å². The normalized spacial score (nSPS) is 11.9. The van der Waals surface area contributed by atoms with Crippen LogP contribution in [-0.4, -0.2) is 32.7 Å². The maximum absolute atomic E-state index is 11.9. The Morgan fingerprint density at radius 2 is 1.95 bits per heavy atom. The number of carbonyl (C=O) groups is 1. The monoisotopic (exact) mass is 296 g/mol. The average molecular weight is 296 g/mol. The van der Waals surface area contributed by atoms with Gasteiger partial charge in [0.05, 0.1) is 13.2 Å². The van der Waals surface area contributed by atoms with Crippen molar-refractivity contribution in [3.8, 4) is 11.1 Å². The number of hydrogen-bond donors (Lipinski definition) is 2. The predicted molar refractivity (Wildman–Crippen MR) is 88.1 cm³/mol. The van der Waals surface area contributed by atoms with E-state index in [1.165, 1.54) is 22.3 Å². The molecule has 0 saturated carbocycles. The van der Waals surface area contributed by atoms with E-state index in [0.717, 1.165) is 12.1 Å². The molecule has 2 aromatic carbocycles. The summed E-state index contributed by atoms with van der Waals surface area (Å²) in [7, 11) is 1.64. The lowest BCUT2D eigenvalue weighted by atomic mass is 10.1. The van der Waals surface area contributed by atoms with Gasteiger partial charge >= 0.3 is 0 Å². The fourth-order valence-corrected chi connectivity index (χ4v) is 2.80. The van der Waals surface area contributed by atoms with E-state index in [4.69, 9.17) is 4.74 Å². The highest BCUT2D eigenvalue weighted by atomic mass is 16.5. The molecule has 22 heavy (non-hydrogen) atoms. The molecule has 4 heteroatoms. The molecular formula is C18H20N2O2. The van der Waals surface area contributed by atoms with Crippen LogP contribution in [0.4, 0.5) is 5.69 Å². The summed E-state index contributed by atoms with van der Waals surface area (Å²) in [5, 5.41) is 5.97. The zero-order chi connectivity index (χ0) is 15.4. The number of fused-ring (bicyclic) bond motifs is 3. The summed E-state index contributed by atoms with van der Waals surface area (Å²) in [6.45, 7) is 1.56. The third-order valence-corrected chi connectivity index (χ3v) is 3.85. The van der Waals surface area contributed by atoms with Gasteiger partial charge in [0.15, 0.2) is 0 Å². The van der Waals surface area contributed by atoms with E-state index in [-0.39, 0.29) is 5.91 Å². The van der Waals surface area contributed by atoms with Gasteiger partial charge in [-0.2, -0.15) is 0 Å². The highest BCUT2D eigenvalue weighted by molar-refractivity contribution is 5.93. The summed E-state index contributed by atoms with van der Waals surface area (Å²) < 4.78 is 4.93. The molecule has 114 valence electrons. The van der Waals surface area contributed by atoms with Crippen molar-refractivity contribution in [2.45, 2.75) is 6.42 Å². The van der Waals surface area contributed by atoms with E-state index in [0.29, 0.717) is 19.7 Å². The Kier molecular flexibility index (Phi) is 4.51. The molecule has 0 aromatic heterocycles. The second kappa shape index (κ2) is 6.73. The molecule has 2 aromatic rings. The summed E-state index contributed by atoms with van der Waals surface area (Å²) in [6, 6.07) is 14.6. The number of benzene rings is 2. The van der Waals surface area contributed by atoms with Gasteiger partial charge in [0, 0.05) is 19.3 Å². The topological polar surface area (TPSA) is 50.4 Å². The molecule has 0 aliphatic heterocycles. The van der Waals surface area contributed by atoms with Gasteiger partial charge in [0.1, 0.15) is 0 Å². The molecule has 0 atom stereocenters. The van der Waals surface area contributed by atoms with Crippen molar-refractivity contribution in [3.05, 3.63) is 53.6 Å². The Balaban J connectivity index is 1.63. The van der Waals surface area contributed by atoms with E-state index in [9.17, 15) is 4.79 Å². The maximum atomic E-state index is 11.9. The van der Waals surface area contributed by atoms with Gasteiger partial charge in [-0.1, -0.05) is 30.3 Å². The molecular weight excluding hydrogens is 276 g/mol. The highest BCUT2D eigenvalue weighted by Crippen LogP contribution is 2.37. The summed E-state index contributed by atoms with van der Waals surface area (Å²) >= 11 is 0. The Labute approximate surface area is 130 Å². The summed E-state index contributed by atoms with van der Waals surface area (Å²) in [6.07, 6.45) is 0.932. The molecule has 0 heterocycles. The Morgan fingerprint density at radius 3 is 2.82 bits per heavy atom. The fourth-order valence-electron chi connectivity index (χ4n) is 2.80. The molecule has 4 nitrogen and oxygen atoms in total. The third kappa shape index (κ3) is 3.18. The number of ether oxygens (including phenoxy) is 1. The lowest BCUT2D eigenvalue weighted by molar-refractivity contribution is -0.115. The molecule has 1 amide bonds. The molecule has 0 fully saturated rings. The largest absolute Gasteiger partial charge is 0.383 e. The minimum absolute atomic E-state index is 0.0356. The number of nitrogens with one attached hydrogen (secondary N) is 2. The summed E-state index contributed by atoms with van der Waals surface area (Å²) in [4.78, 5) is 11.9. The van der Waals surface area contributed by atoms with Crippen molar-refractivity contribution in [2.24, 2.45) is 0 Å². The van der Waals surface area contributed by atoms with Crippen molar-refractivity contribution in [1.29, 1.82) is 0 Å². The standard InChI is InChI=1S/C18H20N2O2/c1-22-9-8-19-12-18(21)20-15-6-7-17-14(11-15)10-13-4-2-3-5-16(13)17/h2-7,11,19H,8-10,12H2,1H3,(H,20,21). The van der Waals surface area contributed by atoms with E-state index in [1.807, 2.05) is 6.07 Å². The van der Waals surface area contributed by atoms with Crippen LogP contribution in [0.2, 0.25) is 0 Å². The van der Waals surface area contributed by atoms with Gasteiger partial charge in [-0.15, -0.1) is 0 Å².